The van der Waals surface area contributed by atoms with E-state index in [2.05, 4.69) is 15.0 Å². The van der Waals surface area contributed by atoms with Crippen molar-refractivity contribution in [2.24, 2.45) is 0 Å². The Hall–Kier alpha value is -2.15. The molecule has 5 rings (SSSR count). The van der Waals surface area contributed by atoms with Crippen molar-refractivity contribution in [2.45, 2.75) is 43.7 Å². The summed E-state index contributed by atoms with van der Waals surface area (Å²) in [6.07, 6.45) is -1.94. The summed E-state index contributed by atoms with van der Waals surface area (Å²) in [6.45, 7) is 1.43. The Morgan fingerprint density at radius 1 is 1.36 bits per heavy atom. The molecule has 12 nitrogen and oxygen atoms in total. The maximum Gasteiger partial charge on any atom is 0.477 e. The average molecular weight is 498 g/mol. The summed E-state index contributed by atoms with van der Waals surface area (Å²) in [4.78, 5) is 12.1. The minimum absolute atomic E-state index is 0.0828. The van der Waals surface area contributed by atoms with Crippen LogP contribution < -0.4 is 5.73 Å². The Bertz CT molecular complexity index is 1240. The molecular formula is C19H21ClN5O7P. The lowest BCUT2D eigenvalue weighted by Gasteiger charge is -2.31. The minimum atomic E-state index is -4.16. The molecule has 14 heteroatoms. The maximum absolute atomic E-state index is 13.2. The second-order valence-electron chi connectivity index (χ2n) is 7.93. The third kappa shape index (κ3) is 4.02. The Labute approximate surface area is 192 Å². The Kier molecular flexibility index (Phi) is 5.66. The molecule has 0 amide bonds. The number of nitrogen functional groups attached to an aromatic ring is 1. The van der Waals surface area contributed by atoms with Crippen LogP contribution in [-0.4, -0.2) is 54.3 Å². The number of aliphatic hydroxyl groups excluding tert-OH is 1. The van der Waals surface area contributed by atoms with Crippen molar-refractivity contribution >= 4 is 36.4 Å². The number of phosphoric acid groups is 1. The Morgan fingerprint density at radius 2 is 2.18 bits per heavy atom. The average Bonchev–Trinajstić information content (AvgIpc) is 3.29. The number of fused-ring (bicyclic) bond motifs is 1. The zero-order valence-corrected chi connectivity index (χ0v) is 19.0. The van der Waals surface area contributed by atoms with Crippen molar-refractivity contribution in [2.75, 3.05) is 12.3 Å². The predicted octanol–water partition coefficient (Wildman–Crippen LogP) is 2.33. The second-order valence-corrected chi connectivity index (χ2v) is 9.94. The maximum atomic E-state index is 13.2. The quantitative estimate of drug-likeness (QED) is 0.453. The molecule has 33 heavy (non-hydrogen) atoms. The molecule has 2 aliphatic rings. The number of halogens is 1. The molecule has 4 heterocycles. The van der Waals surface area contributed by atoms with Crippen molar-refractivity contribution in [1.82, 2.24) is 19.5 Å². The van der Waals surface area contributed by atoms with Crippen molar-refractivity contribution < 1.29 is 33.1 Å². The van der Waals surface area contributed by atoms with E-state index in [0.717, 1.165) is 0 Å². The van der Waals surface area contributed by atoms with Crippen LogP contribution in [0.15, 0.2) is 36.9 Å². The van der Waals surface area contributed by atoms with E-state index >= 15 is 0 Å². The topological polar surface area (TPSA) is 164 Å². The normalized spacial score (nSPS) is 34.7. The second kappa shape index (κ2) is 8.26. The molecule has 0 aliphatic carbocycles. The molecule has 2 fully saturated rings. The number of ether oxygens (including phenoxy) is 1. The zero-order chi connectivity index (χ0) is 23.4. The standard InChI is InChI=1S/C19H21ClN5O7P/c1-19(27)14(26)17(30-18(19)25-9-24-13-15(21)22-8-23-16(13)25)32-33(28)29-6-5-12(31-33)10-3-2-4-11(20)7-10/h2-4,7-9,12,14,17-18,26-27H,5-6H2,1H3,(H2,21,22,23)/t12?,14-,17?,18-,19-,33?/m1/s1. The third-order valence-electron chi connectivity index (χ3n) is 5.60. The van der Waals surface area contributed by atoms with Crippen molar-refractivity contribution in [3.63, 3.8) is 0 Å². The molecule has 4 N–H and O–H groups in total. The summed E-state index contributed by atoms with van der Waals surface area (Å²) >= 11 is 6.05. The molecule has 0 bridgehead atoms. The molecule has 1 aromatic carbocycles. The van der Waals surface area contributed by atoms with Gasteiger partial charge in [-0.15, -0.1) is 0 Å². The number of imidazole rings is 1. The minimum Gasteiger partial charge on any atom is -0.385 e. The van der Waals surface area contributed by atoms with Crippen LogP contribution in [0.1, 0.15) is 31.2 Å². The highest BCUT2D eigenvalue weighted by molar-refractivity contribution is 7.48. The van der Waals surface area contributed by atoms with E-state index in [1.165, 1.54) is 24.1 Å². The third-order valence-corrected chi connectivity index (χ3v) is 7.31. The number of aromatic nitrogens is 4. The summed E-state index contributed by atoms with van der Waals surface area (Å²) < 4.78 is 36.8. The highest BCUT2D eigenvalue weighted by Crippen LogP contribution is 2.59. The van der Waals surface area contributed by atoms with Crippen molar-refractivity contribution in [3.8, 4) is 0 Å². The molecule has 0 radical (unpaired) electrons. The molecule has 6 atom stereocenters. The Morgan fingerprint density at radius 3 is 2.97 bits per heavy atom. The predicted molar refractivity (Wildman–Crippen MR) is 115 cm³/mol. The number of hydrogen-bond donors (Lipinski definition) is 3. The van der Waals surface area contributed by atoms with Crippen LogP contribution in [0, 0.1) is 0 Å². The van der Waals surface area contributed by atoms with Crippen LogP contribution in [0.5, 0.6) is 0 Å². The van der Waals surface area contributed by atoms with Gasteiger partial charge in [0.25, 0.3) is 0 Å². The van der Waals surface area contributed by atoms with Gasteiger partial charge in [0.15, 0.2) is 17.7 Å². The van der Waals surface area contributed by atoms with Crippen molar-refractivity contribution in [1.29, 1.82) is 0 Å². The van der Waals surface area contributed by atoms with Gasteiger partial charge in [0.05, 0.1) is 19.0 Å². The highest BCUT2D eigenvalue weighted by atomic mass is 35.5. The van der Waals surface area contributed by atoms with Gasteiger partial charge in [-0.1, -0.05) is 23.7 Å². The number of nitrogens with zero attached hydrogens (tertiary/aromatic N) is 4. The van der Waals surface area contributed by atoms with Crippen LogP contribution in [0.3, 0.4) is 0 Å². The van der Waals surface area contributed by atoms with Crippen molar-refractivity contribution in [3.05, 3.63) is 47.5 Å². The van der Waals surface area contributed by atoms with Gasteiger partial charge < -0.3 is 20.7 Å². The fraction of sp³-hybridized carbons (Fsp3) is 0.421. The fourth-order valence-corrected chi connectivity index (χ4v) is 5.52. The molecule has 176 valence electrons. The van der Waals surface area contributed by atoms with E-state index in [4.69, 9.17) is 35.6 Å². The molecule has 2 aliphatic heterocycles. The number of benzene rings is 1. The summed E-state index contributed by atoms with van der Waals surface area (Å²) in [5.41, 5.74) is 5.22. The van der Waals surface area contributed by atoms with Crippen LogP contribution in [0.2, 0.25) is 5.02 Å². The summed E-state index contributed by atoms with van der Waals surface area (Å²) in [5.74, 6) is 0.144. The first-order valence-corrected chi connectivity index (χ1v) is 11.9. The van der Waals surface area contributed by atoms with E-state index in [9.17, 15) is 14.8 Å². The summed E-state index contributed by atoms with van der Waals surface area (Å²) in [5, 5.41) is 22.2. The number of hydrogen-bond acceptors (Lipinski definition) is 11. The lowest BCUT2D eigenvalue weighted by atomic mass is 9.99. The Balaban J connectivity index is 1.38. The molecule has 3 aromatic rings. The van der Waals surface area contributed by atoms with Gasteiger partial charge in [0, 0.05) is 11.4 Å². The number of phosphoric ester groups is 1. The lowest BCUT2D eigenvalue weighted by molar-refractivity contribution is -0.145. The summed E-state index contributed by atoms with van der Waals surface area (Å²) in [7, 11) is -4.16. The number of rotatable bonds is 4. The van der Waals surface area contributed by atoms with Gasteiger partial charge in [-0.05, 0) is 24.6 Å². The molecule has 0 saturated carbocycles. The monoisotopic (exact) mass is 497 g/mol. The molecular weight excluding hydrogens is 477 g/mol. The van der Waals surface area contributed by atoms with Gasteiger partial charge >= 0.3 is 7.82 Å². The number of anilines is 1. The van der Waals surface area contributed by atoms with E-state index in [1.807, 2.05) is 0 Å². The van der Waals surface area contributed by atoms with Crippen LogP contribution in [0.4, 0.5) is 5.82 Å². The smallest absolute Gasteiger partial charge is 0.385 e. The first kappa shape index (κ1) is 22.6. The first-order valence-electron chi connectivity index (χ1n) is 10.0. The van der Waals surface area contributed by atoms with Gasteiger partial charge in [-0.2, -0.15) is 0 Å². The SMILES string of the molecule is C[C@@]1(O)[C@H](O)C(OP2(=O)OCCC(c3cccc(Cl)c3)O2)O[C@H]1n1cnc2c(N)ncnc21. The lowest BCUT2D eigenvalue weighted by Crippen LogP contribution is -2.44. The summed E-state index contributed by atoms with van der Waals surface area (Å²) in [6, 6.07) is 6.94. The van der Waals surface area contributed by atoms with E-state index in [0.29, 0.717) is 22.5 Å². The van der Waals surface area contributed by atoms with Gasteiger partial charge in [0.1, 0.15) is 23.5 Å². The van der Waals surface area contributed by atoms with Gasteiger partial charge in [0.2, 0.25) is 6.29 Å². The number of nitrogens with two attached hydrogens (primary N) is 1. The fourth-order valence-electron chi connectivity index (χ4n) is 3.86. The molecule has 2 aromatic heterocycles. The van der Waals surface area contributed by atoms with E-state index < -0.39 is 38.1 Å². The molecule has 2 saturated heterocycles. The number of aliphatic hydroxyl groups is 2. The van der Waals surface area contributed by atoms with Gasteiger partial charge in [-0.25, -0.2) is 19.5 Å². The van der Waals surface area contributed by atoms with E-state index in [1.54, 1.807) is 24.3 Å². The molecule has 3 unspecified atom stereocenters. The van der Waals surface area contributed by atoms with Gasteiger partial charge in [-0.3, -0.25) is 18.1 Å². The zero-order valence-electron chi connectivity index (χ0n) is 17.3. The first-order chi connectivity index (χ1) is 15.7. The van der Waals surface area contributed by atoms with E-state index in [-0.39, 0.29) is 18.1 Å². The van der Waals surface area contributed by atoms with Crippen LogP contribution in [0.25, 0.3) is 11.2 Å². The van der Waals surface area contributed by atoms with Crippen LogP contribution >= 0.6 is 19.4 Å². The largest absolute Gasteiger partial charge is 0.477 e. The highest BCUT2D eigenvalue weighted by Gasteiger charge is 2.57. The molecule has 0 spiro atoms. The van der Waals surface area contributed by atoms with Crippen LogP contribution in [-0.2, 0) is 22.9 Å².